The summed E-state index contributed by atoms with van der Waals surface area (Å²) >= 11 is 0. The van der Waals surface area contributed by atoms with Gasteiger partial charge in [-0.1, -0.05) is 0 Å². The molecule has 0 radical (unpaired) electrons. The number of aromatic nitrogens is 1. The number of carbonyl (C=O) groups excluding carboxylic acids is 2. The van der Waals surface area contributed by atoms with Gasteiger partial charge < -0.3 is 25.0 Å². The minimum absolute atomic E-state index is 0.0153. The van der Waals surface area contributed by atoms with E-state index in [2.05, 4.69) is 9.88 Å². The number of ketones is 1. The molecule has 0 aliphatic carbocycles. The van der Waals surface area contributed by atoms with Gasteiger partial charge in [0.1, 0.15) is 5.75 Å². The van der Waals surface area contributed by atoms with Crippen molar-refractivity contribution in [1.82, 2.24) is 14.8 Å². The van der Waals surface area contributed by atoms with E-state index >= 15 is 0 Å². The number of hydrogen-bond acceptors (Lipinski definition) is 8. The molecule has 2 fully saturated rings. The zero-order valence-corrected chi connectivity index (χ0v) is 20.5. The molecule has 37 heavy (non-hydrogen) atoms. The molecule has 2 aliphatic heterocycles. The molecule has 2 atom stereocenters. The second-order valence-electron chi connectivity index (χ2n) is 8.93. The van der Waals surface area contributed by atoms with Gasteiger partial charge in [0.25, 0.3) is 5.91 Å². The van der Waals surface area contributed by atoms with E-state index in [1.165, 1.54) is 0 Å². The van der Waals surface area contributed by atoms with Crippen LogP contribution in [0, 0.1) is 5.92 Å². The number of carboxylic acid groups (broad SMARTS) is 2. The lowest BCUT2D eigenvalue weighted by Gasteiger charge is -2.44. The quantitative estimate of drug-likeness (QED) is 0.394. The molecule has 2 aromatic rings. The summed E-state index contributed by atoms with van der Waals surface area (Å²) in [6.07, 6.45) is 4.83. The predicted molar refractivity (Wildman–Crippen MR) is 131 cm³/mol. The van der Waals surface area contributed by atoms with Crippen LogP contribution in [-0.2, 0) is 9.59 Å². The fourth-order valence-electron chi connectivity index (χ4n) is 4.62. The summed E-state index contributed by atoms with van der Waals surface area (Å²) in [6.45, 7) is 2.51. The average Bonchev–Trinajstić information content (AvgIpc) is 2.93. The van der Waals surface area contributed by atoms with Gasteiger partial charge in [-0.3, -0.25) is 19.5 Å². The standard InChI is InChI=1S/C24H29N3O4.C2H2O4/c1-31-20-6-4-17(5-7-20)23(29)18-8-12-26(13-9-18)21-16-27(14-10-22(21)28)24(30)19-3-2-11-25-15-19;3-1(4)2(5)6/h2-7,11,15,18,21-22,28H,8-10,12-14,16H2,1H3;(H,3,4)(H,5,6)/t21-,22-;/m1./s1. The number of ether oxygens (including phenoxy) is 1. The Morgan fingerprint density at radius 2 is 1.57 bits per heavy atom. The molecule has 11 nitrogen and oxygen atoms in total. The minimum atomic E-state index is -1.82. The number of aliphatic hydroxyl groups excluding tert-OH is 1. The highest BCUT2D eigenvalue weighted by molar-refractivity contribution is 6.27. The average molecular weight is 514 g/mol. The Morgan fingerprint density at radius 1 is 0.919 bits per heavy atom. The highest BCUT2D eigenvalue weighted by atomic mass is 16.5. The van der Waals surface area contributed by atoms with E-state index in [0.717, 1.165) is 31.7 Å². The van der Waals surface area contributed by atoms with Gasteiger partial charge in [0.15, 0.2) is 5.78 Å². The largest absolute Gasteiger partial charge is 0.497 e. The molecule has 0 spiro atoms. The van der Waals surface area contributed by atoms with Gasteiger partial charge >= 0.3 is 11.9 Å². The summed E-state index contributed by atoms with van der Waals surface area (Å²) < 4.78 is 5.17. The zero-order valence-electron chi connectivity index (χ0n) is 20.5. The van der Waals surface area contributed by atoms with Crippen LogP contribution in [-0.4, -0.2) is 99.2 Å². The second-order valence-corrected chi connectivity index (χ2v) is 8.93. The van der Waals surface area contributed by atoms with E-state index in [0.29, 0.717) is 30.6 Å². The van der Waals surface area contributed by atoms with Crippen molar-refractivity contribution in [2.24, 2.45) is 5.92 Å². The van der Waals surface area contributed by atoms with E-state index in [1.807, 2.05) is 29.2 Å². The molecule has 198 valence electrons. The molecular formula is C26H31N3O8. The summed E-state index contributed by atoms with van der Waals surface area (Å²) in [5.74, 6) is -2.80. The third kappa shape index (κ3) is 7.34. The molecule has 11 heteroatoms. The Labute approximate surface area is 214 Å². The Bertz CT molecular complexity index is 1070. The number of Topliss-reactive ketones (excluding diaryl/α,β-unsaturated/α-hetero) is 1. The molecule has 1 amide bonds. The Kier molecular flexibility index (Phi) is 9.70. The second kappa shape index (κ2) is 12.9. The van der Waals surface area contributed by atoms with Gasteiger partial charge in [0.05, 0.1) is 24.8 Å². The van der Waals surface area contributed by atoms with Crippen molar-refractivity contribution in [1.29, 1.82) is 0 Å². The smallest absolute Gasteiger partial charge is 0.414 e. The zero-order chi connectivity index (χ0) is 26.9. The van der Waals surface area contributed by atoms with E-state index in [4.69, 9.17) is 24.5 Å². The van der Waals surface area contributed by atoms with Crippen LogP contribution in [0.15, 0.2) is 48.8 Å². The van der Waals surface area contributed by atoms with Crippen LogP contribution in [0.3, 0.4) is 0 Å². The van der Waals surface area contributed by atoms with Crippen LogP contribution >= 0.6 is 0 Å². The maximum Gasteiger partial charge on any atom is 0.414 e. The molecule has 2 saturated heterocycles. The number of nitrogens with zero attached hydrogens (tertiary/aromatic N) is 3. The number of aliphatic hydroxyl groups is 1. The lowest BCUT2D eigenvalue weighted by atomic mass is 9.87. The van der Waals surface area contributed by atoms with Crippen LogP contribution in [0.5, 0.6) is 5.75 Å². The van der Waals surface area contributed by atoms with Gasteiger partial charge in [-0.05, 0) is 68.8 Å². The van der Waals surface area contributed by atoms with Crippen LogP contribution < -0.4 is 4.74 Å². The van der Waals surface area contributed by atoms with Gasteiger partial charge in [0.2, 0.25) is 0 Å². The van der Waals surface area contributed by atoms with Crippen molar-refractivity contribution in [3.63, 3.8) is 0 Å². The fraction of sp³-hybridized carbons (Fsp3) is 0.423. The van der Waals surface area contributed by atoms with Crippen molar-refractivity contribution >= 4 is 23.6 Å². The SMILES string of the molecule is COc1ccc(C(=O)C2CCN([C@@H]3CN(C(=O)c4cccnc4)CC[C@H]3O)CC2)cc1.O=C(O)C(=O)O. The van der Waals surface area contributed by atoms with E-state index in [1.54, 1.807) is 31.6 Å². The number of rotatable bonds is 5. The first-order chi connectivity index (χ1) is 17.7. The summed E-state index contributed by atoms with van der Waals surface area (Å²) in [4.78, 5) is 52.0. The number of aliphatic carboxylic acids is 2. The summed E-state index contributed by atoms with van der Waals surface area (Å²) in [5, 5.41) is 25.4. The molecule has 3 heterocycles. The number of carboxylic acids is 2. The third-order valence-electron chi connectivity index (χ3n) is 6.67. The van der Waals surface area contributed by atoms with E-state index in [9.17, 15) is 14.7 Å². The van der Waals surface area contributed by atoms with E-state index in [-0.39, 0.29) is 23.7 Å². The lowest BCUT2D eigenvalue weighted by molar-refractivity contribution is -0.159. The number of methoxy groups -OCH3 is 1. The number of benzene rings is 1. The van der Waals surface area contributed by atoms with Gasteiger partial charge in [-0.25, -0.2) is 9.59 Å². The van der Waals surface area contributed by atoms with E-state index < -0.39 is 18.0 Å². The summed E-state index contributed by atoms with van der Waals surface area (Å²) in [7, 11) is 1.61. The van der Waals surface area contributed by atoms with Crippen LogP contribution in [0.4, 0.5) is 0 Å². The number of carbonyl (C=O) groups is 4. The molecule has 4 rings (SSSR count). The topological polar surface area (TPSA) is 158 Å². The number of likely N-dealkylation sites (tertiary alicyclic amines) is 2. The Hall–Kier alpha value is -3.83. The van der Waals surface area contributed by atoms with Crippen LogP contribution in [0.25, 0.3) is 0 Å². The highest BCUT2D eigenvalue weighted by Crippen LogP contribution is 2.27. The first-order valence-corrected chi connectivity index (χ1v) is 12.0. The Balaban J connectivity index is 0.000000568. The fourth-order valence-corrected chi connectivity index (χ4v) is 4.62. The molecular weight excluding hydrogens is 482 g/mol. The summed E-state index contributed by atoms with van der Waals surface area (Å²) in [6, 6.07) is 10.7. The number of pyridine rings is 1. The van der Waals surface area contributed by atoms with Crippen molar-refractivity contribution in [2.75, 3.05) is 33.3 Å². The lowest BCUT2D eigenvalue weighted by Crippen LogP contribution is -2.58. The molecule has 0 unspecified atom stereocenters. The van der Waals surface area contributed by atoms with Gasteiger partial charge in [-0.15, -0.1) is 0 Å². The predicted octanol–water partition coefficient (Wildman–Crippen LogP) is 1.42. The van der Waals surface area contributed by atoms with Crippen LogP contribution in [0.2, 0.25) is 0 Å². The molecule has 0 bridgehead atoms. The summed E-state index contributed by atoms with van der Waals surface area (Å²) in [5.41, 5.74) is 1.28. The highest BCUT2D eigenvalue weighted by Gasteiger charge is 2.37. The monoisotopic (exact) mass is 513 g/mol. The first kappa shape index (κ1) is 27.8. The van der Waals surface area contributed by atoms with Crippen LogP contribution in [0.1, 0.15) is 40.0 Å². The van der Waals surface area contributed by atoms with Crippen molar-refractivity contribution < 1.29 is 39.2 Å². The maximum atomic E-state index is 12.9. The van der Waals surface area contributed by atoms with Crippen molar-refractivity contribution in [3.05, 3.63) is 59.9 Å². The normalized spacial score (nSPS) is 20.3. The molecule has 0 saturated carbocycles. The number of amides is 1. The third-order valence-corrected chi connectivity index (χ3v) is 6.67. The number of piperidine rings is 2. The molecule has 1 aromatic carbocycles. The van der Waals surface area contributed by atoms with Gasteiger partial charge in [-0.2, -0.15) is 0 Å². The Morgan fingerprint density at radius 3 is 2.11 bits per heavy atom. The number of hydrogen-bond donors (Lipinski definition) is 3. The van der Waals surface area contributed by atoms with Crippen molar-refractivity contribution in [3.8, 4) is 5.75 Å². The van der Waals surface area contributed by atoms with Gasteiger partial charge in [0, 0.05) is 37.0 Å². The molecule has 2 aliphatic rings. The maximum absolute atomic E-state index is 12.9. The minimum Gasteiger partial charge on any atom is -0.497 e. The first-order valence-electron chi connectivity index (χ1n) is 12.0. The molecule has 3 N–H and O–H groups in total. The van der Waals surface area contributed by atoms with Crippen molar-refractivity contribution in [2.45, 2.75) is 31.4 Å². The molecule has 1 aromatic heterocycles.